The second kappa shape index (κ2) is 10.3. The molecule has 0 aliphatic heterocycles. The van der Waals surface area contributed by atoms with Crippen LogP contribution in [0, 0.1) is 13.8 Å². The topological polar surface area (TPSA) is 62.5 Å². The summed E-state index contributed by atoms with van der Waals surface area (Å²) in [6.45, 7) is 9.29. The van der Waals surface area contributed by atoms with Crippen LogP contribution in [-0.4, -0.2) is 35.6 Å². The Morgan fingerprint density at radius 1 is 0.966 bits per heavy atom. The first-order valence-electron chi connectivity index (χ1n) is 9.82. The molecule has 3 rings (SSSR count). The molecule has 29 heavy (non-hydrogen) atoms. The van der Waals surface area contributed by atoms with Gasteiger partial charge in [-0.15, -0.1) is 0 Å². The van der Waals surface area contributed by atoms with Crippen LogP contribution in [0.4, 0.5) is 5.69 Å². The molecule has 0 atom stereocenters. The van der Waals surface area contributed by atoms with Gasteiger partial charge in [0.25, 0.3) is 0 Å². The van der Waals surface area contributed by atoms with Crippen molar-refractivity contribution >= 4 is 18.2 Å². The van der Waals surface area contributed by atoms with Gasteiger partial charge in [0, 0.05) is 43.4 Å². The monoisotopic (exact) mass is 385 g/mol. The highest BCUT2D eigenvalue weighted by atomic mass is 15.0. The van der Waals surface area contributed by atoms with Gasteiger partial charge < -0.3 is 5.32 Å². The van der Waals surface area contributed by atoms with Crippen LogP contribution in [0.5, 0.6) is 0 Å². The van der Waals surface area contributed by atoms with Gasteiger partial charge >= 0.3 is 0 Å². The van der Waals surface area contributed by atoms with E-state index in [9.17, 15) is 0 Å². The van der Waals surface area contributed by atoms with E-state index in [1.807, 2.05) is 24.5 Å². The molecule has 148 valence electrons. The van der Waals surface area contributed by atoms with Crippen molar-refractivity contribution in [2.45, 2.75) is 26.7 Å². The fraction of sp³-hybridized carbons (Fsp3) is 0.250. The zero-order valence-electron chi connectivity index (χ0n) is 17.1. The van der Waals surface area contributed by atoms with E-state index in [2.05, 4.69) is 65.1 Å². The van der Waals surface area contributed by atoms with Crippen molar-refractivity contribution in [2.24, 2.45) is 9.98 Å². The van der Waals surface area contributed by atoms with Crippen LogP contribution in [0.2, 0.25) is 0 Å². The van der Waals surface area contributed by atoms with E-state index >= 15 is 0 Å². The van der Waals surface area contributed by atoms with Crippen molar-refractivity contribution in [2.75, 3.05) is 13.1 Å². The molecule has 1 aromatic carbocycles. The average molecular weight is 386 g/mol. The van der Waals surface area contributed by atoms with Crippen LogP contribution < -0.4 is 5.32 Å². The lowest BCUT2D eigenvalue weighted by atomic mass is 10.0. The Morgan fingerprint density at radius 2 is 1.59 bits per heavy atom. The van der Waals surface area contributed by atoms with Crippen LogP contribution in [0.3, 0.4) is 0 Å². The molecule has 0 aliphatic rings. The van der Waals surface area contributed by atoms with E-state index in [-0.39, 0.29) is 0 Å². The summed E-state index contributed by atoms with van der Waals surface area (Å²) in [5.41, 5.74) is 6.61. The fourth-order valence-corrected chi connectivity index (χ4v) is 3.31. The predicted molar refractivity (Wildman–Crippen MR) is 120 cm³/mol. The lowest BCUT2D eigenvalue weighted by molar-refractivity contribution is 0.847. The number of hydrogen-bond acceptors (Lipinski definition) is 4. The van der Waals surface area contributed by atoms with E-state index < -0.39 is 0 Å². The average Bonchev–Trinajstić information content (AvgIpc) is 2.74. The maximum Gasteiger partial charge on any atom is 0.128 e. The third-order valence-electron chi connectivity index (χ3n) is 4.74. The van der Waals surface area contributed by atoms with Gasteiger partial charge in [-0.3, -0.25) is 20.0 Å². The second-order valence-corrected chi connectivity index (χ2v) is 7.00. The summed E-state index contributed by atoms with van der Waals surface area (Å²) in [4.78, 5) is 17.4. The summed E-state index contributed by atoms with van der Waals surface area (Å²) in [7, 11) is 0. The Hall–Kier alpha value is -3.34. The quantitative estimate of drug-likeness (QED) is 0.466. The largest absolute Gasteiger partial charge is 0.370 e. The van der Waals surface area contributed by atoms with Crippen LogP contribution in [0.1, 0.15) is 27.8 Å². The first kappa shape index (κ1) is 20.4. The van der Waals surface area contributed by atoms with Crippen LogP contribution in [0.15, 0.2) is 71.2 Å². The van der Waals surface area contributed by atoms with Crippen molar-refractivity contribution in [3.05, 3.63) is 89.0 Å². The minimum absolute atomic E-state index is 0.695. The van der Waals surface area contributed by atoms with Crippen molar-refractivity contribution in [1.82, 2.24) is 15.3 Å². The molecule has 3 aromatic rings. The lowest BCUT2D eigenvalue weighted by Gasteiger charge is -2.14. The molecule has 0 unspecified atom stereocenters. The first-order valence-corrected chi connectivity index (χ1v) is 9.82. The standard InChI is InChI=1S/C24H27N5/c1-18-14-22(15-19(2)23(18)25-3)24(28-12-8-20-6-4-10-26-16-20)29-13-9-21-7-5-11-27-17-21/h4-7,10-11,14-17H,3,8-9,12-13H2,1-2H3,(H,28,29). The Balaban J connectivity index is 1.76. The van der Waals surface area contributed by atoms with E-state index in [4.69, 9.17) is 4.99 Å². The van der Waals surface area contributed by atoms with Crippen molar-refractivity contribution in [1.29, 1.82) is 0 Å². The van der Waals surface area contributed by atoms with E-state index in [0.29, 0.717) is 6.54 Å². The van der Waals surface area contributed by atoms with Gasteiger partial charge in [-0.1, -0.05) is 12.1 Å². The van der Waals surface area contributed by atoms with E-state index in [1.165, 1.54) is 11.1 Å². The maximum absolute atomic E-state index is 4.87. The molecule has 0 saturated carbocycles. The van der Waals surface area contributed by atoms with Gasteiger partial charge in [0.1, 0.15) is 5.84 Å². The highest BCUT2D eigenvalue weighted by Crippen LogP contribution is 2.24. The lowest BCUT2D eigenvalue weighted by Crippen LogP contribution is -2.27. The van der Waals surface area contributed by atoms with Crippen LogP contribution >= 0.6 is 0 Å². The molecular formula is C24H27N5. The SMILES string of the molecule is C=Nc1c(C)cc(C(=NCCc2cccnc2)NCCc2cccnc2)cc1C. The third-order valence-corrected chi connectivity index (χ3v) is 4.74. The summed E-state index contributed by atoms with van der Waals surface area (Å²) >= 11 is 0. The van der Waals surface area contributed by atoms with E-state index in [1.54, 1.807) is 12.4 Å². The summed E-state index contributed by atoms with van der Waals surface area (Å²) in [6.07, 6.45) is 9.12. The molecule has 1 N–H and O–H groups in total. The number of pyridine rings is 2. The predicted octanol–water partition coefficient (Wildman–Crippen LogP) is 4.25. The molecule has 2 aromatic heterocycles. The highest BCUT2D eigenvalue weighted by Gasteiger charge is 2.09. The Morgan fingerprint density at radius 3 is 2.14 bits per heavy atom. The number of aromatic nitrogens is 2. The minimum Gasteiger partial charge on any atom is -0.370 e. The number of aliphatic imine (C=N–C) groups is 2. The van der Waals surface area contributed by atoms with Gasteiger partial charge in [0.15, 0.2) is 0 Å². The fourth-order valence-electron chi connectivity index (χ4n) is 3.31. The number of amidine groups is 1. The smallest absolute Gasteiger partial charge is 0.128 e. The molecule has 0 spiro atoms. The number of nitrogens with one attached hydrogen (secondary N) is 1. The summed E-state index contributed by atoms with van der Waals surface area (Å²) in [5, 5.41) is 3.52. The molecule has 0 amide bonds. The van der Waals surface area contributed by atoms with Crippen LogP contribution in [0.25, 0.3) is 0 Å². The molecule has 0 fully saturated rings. The number of rotatable bonds is 8. The van der Waals surface area contributed by atoms with Crippen molar-refractivity contribution < 1.29 is 0 Å². The second-order valence-electron chi connectivity index (χ2n) is 7.00. The summed E-state index contributed by atoms with van der Waals surface area (Å²) in [5.74, 6) is 0.902. The number of benzene rings is 1. The molecule has 0 aliphatic carbocycles. The van der Waals surface area contributed by atoms with Gasteiger partial charge in [0.2, 0.25) is 0 Å². The minimum atomic E-state index is 0.695. The molecule has 0 radical (unpaired) electrons. The Labute approximate surface area is 172 Å². The first-order chi connectivity index (χ1) is 14.2. The summed E-state index contributed by atoms with van der Waals surface area (Å²) in [6, 6.07) is 12.3. The van der Waals surface area contributed by atoms with E-state index in [0.717, 1.165) is 47.6 Å². The number of hydrogen-bond donors (Lipinski definition) is 1. The molecule has 2 heterocycles. The molecule has 0 bridgehead atoms. The van der Waals surface area contributed by atoms with Gasteiger partial charge in [-0.2, -0.15) is 0 Å². The maximum atomic E-state index is 4.87. The Bertz CT molecular complexity index is 942. The zero-order valence-corrected chi connectivity index (χ0v) is 17.1. The third kappa shape index (κ3) is 5.82. The highest BCUT2D eigenvalue weighted by molar-refractivity contribution is 5.99. The Kier molecular flexibility index (Phi) is 7.22. The van der Waals surface area contributed by atoms with Crippen molar-refractivity contribution in [3.63, 3.8) is 0 Å². The van der Waals surface area contributed by atoms with Crippen LogP contribution in [-0.2, 0) is 12.8 Å². The van der Waals surface area contributed by atoms with Gasteiger partial charge in [-0.05, 0) is 79.9 Å². The summed E-state index contributed by atoms with van der Waals surface area (Å²) < 4.78 is 0. The molecule has 5 heteroatoms. The normalized spacial score (nSPS) is 11.3. The number of nitrogens with zero attached hydrogens (tertiary/aromatic N) is 4. The zero-order chi connectivity index (χ0) is 20.5. The molecule has 0 saturated heterocycles. The van der Waals surface area contributed by atoms with Gasteiger partial charge in [0.05, 0.1) is 5.69 Å². The van der Waals surface area contributed by atoms with Gasteiger partial charge in [-0.25, -0.2) is 0 Å². The molecular weight excluding hydrogens is 358 g/mol. The molecule has 5 nitrogen and oxygen atoms in total. The number of aryl methyl sites for hydroxylation is 2. The van der Waals surface area contributed by atoms with Crippen molar-refractivity contribution in [3.8, 4) is 0 Å².